The van der Waals surface area contributed by atoms with E-state index in [4.69, 9.17) is 39.3 Å². The lowest BCUT2D eigenvalue weighted by Crippen LogP contribution is -2.50. The number of aliphatic imine (C=N–C) groups is 1. The van der Waals surface area contributed by atoms with Gasteiger partial charge in [-0.25, -0.2) is 4.99 Å². The van der Waals surface area contributed by atoms with Crippen LogP contribution in [0.2, 0.25) is 0 Å². The van der Waals surface area contributed by atoms with Crippen LogP contribution in [0, 0.1) is 0 Å². The van der Waals surface area contributed by atoms with Gasteiger partial charge >= 0.3 is 0 Å². The Labute approximate surface area is 298 Å². The zero-order chi connectivity index (χ0) is 35.5. The Hall–Kier alpha value is -5.23. The second-order valence-electron chi connectivity index (χ2n) is 11.4. The van der Waals surface area contributed by atoms with Gasteiger partial charge in [0.25, 0.3) is 5.91 Å². The van der Waals surface area contributed by atoms with Crippen LogP contribution in [-0.4, -0.2) is 57.0 Å². The molecule has 4 aromatic carbocycles. The number of hydrogen-bond acceptors (Lipinski definition) is 9. The van der Waals surface area contributed by atoms with Crippen molar-refractivity contribution in [2.75, 3.05) is 34.5 Å². The third-order valence-electron chi connectivity index (χ3n) is 8.30. The van der Waals surface area contributed by atoms with Crippen LogP contribution in [0.25, 0.3) is 10.4 Å². The fourth-order valence-electron chi connectivity index (χ4n) is 5.79. The van der Waals surface area contributed by atoms with Crippen LogP contribution in [0.4, 0.5) is 0 Å². The van der Waals surface area contributed by atoms with E-state index in [9.17, 15) is 4.79 Å². The smallest absolute Gasteiger partial charge is 0.252 e. The highest BCUT2D eigenvalue weighted by atomic mass is 79.9. The van der Waals surface area contributed by atoms with Crippen LogP contribution < -0.4 is 24.3 Å². The Balaban J connectivity index is 1.62. The normalized spacial score (nSPS) is 16.4. The number of ether oxygens (including phenoxy) is 5. The highest BCUT2D eigenvalue weighted by Gasteiger charge is 2.53. The van der Waals surface area contributed by atoms with E-state index in [1.54, 1.807) is 31.4 Å². The first-order valence-corrected chi connectivity index (χ1v) is 16.7. The lowest BCUT2D eigenvalue weighted by Gasteiger charge is -2.32. The molecule has 5 rings (SSSR count). The van der Waals surface area contributed by atoms with Crippen molar-refractivity contribution < 1.29 is 33.6 Å². The van der Waals surface area contributed by atoms with Gasteiger partial charge in [0.1, 0.15) is 23.0 Å². The van der Waals surface area contributed by atoms with E-state index in [1.807, 2.05) is 60.7 Å². The fourth-order valence-corrected chi connectivity index (χ4v) is 6.05. The highest BCUT2D eigenvalue weighted by molar-refractivity contribution is 9.10. The molecule has 0 radical (unpaired) electrons. The average Bonchev–Trinajstić information content (AvgIpc) is 3.54. The van der Waals surface area contributed by atoms with Gasteiger partial charge in [0, 0.05) is 46.5 Å². The molecule has 1 heterocycles. The number of benzene rings is 4. The van der Waals surface area contributed by atoms with E-state index in [2.05, 4.69) is 31.3 Å². The molecule has 2 N–H and O–H groups in total. The number of nitrogens with one attached hydrogen (secondary N) is 1. The van der Waals surface area contributed by atoms with Gasteiger partial charge in [-0.2, -0.15) is 0 Å². The fraction of sp³-hybridized carbons (Fsp3) is 0.297. The van der Waals surface area contributed by atoms with Gasteiger partial charge in [0.05, 0.1) is 46.6 Å². The Morgan fingerprint density at radius 2 is 1.70 bits per heavy atom. The number of halogens is 1. The summed E-state index contributed by atoms with van der Waals surface area (Å²) in [4.78, 5) is 23.0. The van der Waals surface area contributed by atoms with Gasteiger partial charge in [0.2, 0.25) is 5.90 Å². The maximum atomic E-state index is 14.9. The topological polar surface area (TPSA) is 157 Å². The second kappa shape index (κ2) is 16.9. The van der Waals surface area contributed by atoms with Gasteiger partial charge in [-0.15, -0.1) is 0 Å². The van der Waals surface area contributed by atoms with E-state index in [0.29, 0.717) is 58.3 Å². The molecule has 1 aliphatic rings. The van der Waals surface area contributed by atoms with Crippen molar-refractivity contribution >= 4 is 27.7 Å². The predicted octanol–water partition coefficient (Wildman–Crippen LogP) is 6.86. The third-order valence-corrected chi connectivity index (χ3v) is 8.83. The van der Waals surface area contributed by atoms with Crippen LogP contribution >= 0.6 is 15.9 Å². The number of azide groups is 1. The highest BCUT2D eigenvalue weighted by Crippen LogP contribution is 2.44. The minimum Gasteiger partial charge on any atom is -0.496 e. The molecule has 0 bridgehead atoms. The van der Waals surface area contributed by atoms with Gasteiger partial charge in [-0.3, -0.25) is 4.79 Å². The molecule has 12 nitrogen and oxygen atoms in total. The van der Waals surface area contributed by atoms with Crippen LogP contribution in [0.3, 0.4) is 0 Å². The first-order valence-electron chi connectivity index (χ1n) is 15.9. The van der Waals surface area contributed by atoms with Crippen LogP contribution in [0.15, 0.2) is 99.5 Å². The molecule has 13 heteroatoms. The van der Waals surface area contributed by atoms with Crippen molar-refractivity contribution in [3.8, 4) is 23.0 Å². The van der Waals surface area contributed by atoms with E-state index in [-0.39, 0.29) is 32.0 Å². The maximum absolute atomic E-state index is 14.9. The average molecular weight is 745 g/mol. The van der Waals surface area contributed by atoms with Crippen molar-refractivity contribution in [3.05, 3.63) is 128 Å². The summed E-state index contributed by atoms with van der Waals surface area (Å²) in [6.07, 6.45) is -0.224. The van der Waals surface area contributed by atoms with E-state index >= 15 is 0 Å². The molecule has 0 spiro atoms. The number of carbonyl (C=O) groups is 1. The van der Waals surface area contributed by atoms with Gasteiger partial charge in [-0.1, -0.05) is 57.4 Å². The Morgan fingerprint density at radius 3 is 2.34 bits per heavy atom. The molecule has 0 saturated heterocycles. The number of amides is 1. The van der Waals surface area contributed by atoms with Gasteiger partial charge < -0.3 is 34.1 Å². The number of rotatable bonds is 16. The van der Waals surface area contributed by atoms with Gasteiger partial charge in [0.15, 0.2) is 11.6 Å². The molecule has 2 atom stereocenters. The quantitative estimate of drug-likeness (QED) is 0.0549. The summed E-state index contributed by atoms with van der Waals surface area (Å²) in [5, 5.41) is 16.1. The standard InChI is InChI=1S/C37H38BrN5O7/c1-46-29-19-32(47-2)31(33(20-29)48-3)23-40-36(45)37(21-24-9-13-27(38)14-10-24)34(30-8-5-4-7-26(30)22-41-43-39)50-35(42-37)25-11-15-28(16-12-25)49-18-6-17-44/h4-5,7-16,19-20,34,44H,6,17-18,21-23H2,1-3H3,(H,40,45)/t34-,37-/m1/s1. The van der Waals surface area contributed by atoms with E-state index in [1.165, 1.54) is 14.2 Å². The number of nitrogens with zero attached hydrogens (tertiary/aromatic N) is 4. The van der Waals surface area contributed by atoms with Crippen LogP contribution in [0.1, 0.15) is 40.3 Å². The van der Waals surface area contributed by atoms with Crippen LogP contribution in [0.5, 0.6) is 23.0 Å². The molecule has 0 aliphatic carbocycles. The lowest BCUT2D eigenvalue weighted by atomic mass is 9.80. The molecule has 0 saturated carbocycles. The minimum atomic E-state index is -1.52. The van der Waals surface area contributed by atoms with Crippen molar-refractivity contribution in [1.82, 2.24) is 5.32 Å². The zero-order valence-corrected chi connectivity index (χ0v) is 29.6. The largest absolute Gasteiger partial charge is 0.496 e. The minimum absolute atomic E-state index is 0.0335. The Kier molecular flexibility index (Phi) is 12.2. The molecular formula is C37H38BrN5O7. The summed E-state index contributed by atoms with van der Waals surface area (Å²) in [5.41, 5.74) is 11.1. The number of hydrogen-bond donors (Lipinski definition) is 2. The van der Waals surface area contributed by atoms with Gasteiger partial charge in [-0.05, 0) is 58.6 Å². The van der Waals surface area contributed by atoms with Crippen molar-refractivity contribution in [2.45, 2.75) is 37.6 Å². The van der Waals surface area contributed by atoms with Crippen molar-refractivity contribution in [3.63, 3.8) is 0 Å². The van der Waals surface area contributed by atoms with Crippen molar-refractivity contribution in [2.24, 2.45) is 10.1 Å². The second-order valence-corrected chi connectivity index (χ2v) is 12.3. The SMILES string of the molecule is COc1cc(OC)c(CNC(=O)[C@]2(Cc3ccc(Br)cc3)N=C(c3ccc(OCCCO)cc3)O[C@@H]2c2ccccc2CN=[N+]=[N-])c(OC)c1. The molecule has 1 amide bonds. The first-order chi connectivity index (χ1) is 24.3. The molecule has 4 aromatic rings. The molecule has 50 heavy (non-hydrogen) atoms. The first kappa shape index (κ1) is 36.1. The number of carbonyl (C=O) groups excluding carboxylic acids is 1. The monoisotopic (exact) mass is 743 g/mol. The number of methoxy groups -OCH3 is 3. The van der Waals surface area contributed by atoms with Crippen LogP contribution in [-0.2, 0) is 29.0 Å². The summed E-state index contributed by atoms with van der Waals surface area (Å²) in [6.45, 7) is 0.510. The molecule has 260 valence electrons. The van der Waals surface area contributed by atoms with Crippen molar-refractivity contribution in [1.29, 1.82) is 0 Å². The third kappa shape index (κ3) is 8.14. The summed E-state index contributed by atoms with van der Waals surface area (Å²) >= 11 is 3.51. The lowest BCUT2D eigenvalue weighted by molar-refractivity contribution is -0.129. The summed E-state index contributed by atoms with van der Waals surface area (Å²) in [5.74, 6) is 1.99. The predicted molar refractivity (Wildman–Crippen MR) is 192 cm³/mol. The molecule has 0 aromatic heterocycles. The van der Waals surface area contributed by atoms with E-state index in [0.717, 1.165) is 10.0 Å². The molecule has 0 unspecified atom stereocenters. The number of aliphatic hydroxyl groups excluding tert-OH is 1. The summed E-state index contributed by atoms with van der Waals surface area (Å²) in [6, 6.07) is 25.8. The summed E-state index contributed by atoms with van der Waals surface area (Å²) < 4.78 is 30.0. The maximum Gasteiger partial charge on any atom is 0.252 e. The number of aliphatic hydroxyl groups is 1. The summed E-state index contributed by atoms with van der Waals surface area (Å²) in [7, 11) is 4.63. The molecule has 1 aliphatic heterocycles. The Bertz CT molecular complexity index is 1840. The zero-order valence-electron chi connectivity index (χ0n) is 28.0. The molecule has 0 fully saturated rings. The Morgan fingerprint density at radius 1 is 1.00 bits per heavy atom. The molecular weight excluding hydrogens is 706 g/mol. The van der Waals surface area contributed by atoms with E-state index < -0.39 is 17.6 Å².